The Morgan fingerprint density at radius 1 is 1.40 bits per heavy atom. The lowest BCUT2D eigenvalue weighted by Crippen LogP contribution is -1.95. The predicted molar refractivity (Wildman–Crippen MR) is 60.2 cm³/mol. The zero-order valence-electron chi connectivity index (χ0n) is 5.50. The molecule has 0 nitrogen and oxygen atoms in total. The highest BCUT2D eigenvalue weighted by atomic mass is 79.9. The van der Waals surface area contributed by atoms with E-state index in [0.717, 1.165) is 12.0 Å². The van der Waals surface area contributed by atoms with Gasteiger partial charge in [0.2, 0.25) is 0 Å². The van der Waals surface area contributed by atoms with Gasteiger partial charge in [0, 0.05) is 23.7 Å². The second kappa shape index (κ2) is 3.69. The van der Waals surface area contributed by atoms with Gasteiger partial charge >= 0.3 is 0 Å². The summed E-state index contributed by atoms with van der Waals surface area (Å²) in [5, 5.41) is 0. The van der Waals surface area contributed by atoms with Gasteiger partial charge in [0.1, 0.15) is 0 Å². The smallest absolute Gasteiger partial charge is 0.0415 e. The van der Waals surface area contributed by atoms with Crippen LogP contribution in [0.5, 0.6) is 0 Å². The number of allylic oxidation sites excluding steroid dienone is 4. The number of hydrogen-bond donors (Lipinski definition) is 0. The Bertz CT molecular complexity index is 207. The zero-order chi connectivity index (χ0) is 7.72. The summed E-state index contributed by atoms with van der Waals surface area (Å²) in [6.07, 6.45) is 3.42. The molecule has 0 heterocycles. The standard InChI is InChI=1S/C6H7Br3Si/c7-4-1-3(10)2-5(8)6(4)9/h1,3H,2H2,10H3/t3-/m0/s1. The summed E-state index contributed by atoms with van der Waals surface area (Å²) in [6, 6.07) is 0. The first-order chi connectivity index (χ1) is 4.61. The van der Waals surface area contributed by atoms with Gasteiger partial charge in [-0.1, -0.05) is 22.0 Å². The van der Waals surface area contributed by atoms with E-state index in [-0.39, 0.29) is 0 Å². The molecular formula is C6H7Br3Si. The van der Waals surface area contributed by atoms with Gasteiger partial charge in [-0.25, -0.2) is 0 Å². The molecule has 0 aliphatic heterocycles. The molecule has 0 N–H and O–H groups in total. The molecule has 0 aromatic heterocycles. The number of rotatable bonds is 0. The van der Waals surface area contributed by atoms with E-state index in [1.165, 1.54) is 23.7 Å². The molecule has 0 unspecified atom stereocenters. The van der Waals surface area contributed by atoms with Gasteiger partial charge in [-0.2, -0.15) is 0 Å². The molecule has 0 radical (unpaired) electrons. The Labute approximate surface area is 89.0 Å². The second-order valence-corrected chi connectivity index (χ2v) is 6.50. The first-order valence-electron chi connectivity index (χ1n) is 3.03. The topological polar surface area (TPSA) is 0 Å². The Balaban J connectivity index is 2.90. The fourth-order valence-corrected chi connectivity index (χ4v) is 4.69. The predicted octanol–water partition coefficient (Wildman–Crippen LogP) is 2.82. The van der Waals surface area contributed by atoms with Crippen LogP contribution in [0.1, 0.15) is 6.42 Å². The molecule has 10 heavy (non-hydrogen) atoms. The van der Waals surface area contributed by atoms with Gasteiger partial charge in [0.15, 0.2) is 0 Å². The van der Waals surface area contributed by atoms with E-state index < -0.39 is 0 Å². The molecule has 0 aromatic carbocycles. The monoisotopic (exact) mass is 344 g/mol. The SMILES string of the molecule is [SiH3][C@H]1C=C(Br)C(Br)=C(Br)C1. The van der Waals surface area contributed by atoms with Gasteiger partial charge in [0.25, 0.3) is 0 Å². The fraction of sp³-hybridized carbons (Fsp3) is 0.333. The Kier molecular flexibility index (Phi) is 3.41. The molecule has 1 aliphatic rings. The summed E-state index contributed by atoms with van der Waals surface area (Å²) in [4.78, 5) is 0. The normalized spacial score (nSPS) is 27.1. The van der Waals surface area contributed by atoms with Crippen molar-refractivity contribution in [2.24, 2.45) is 0 Å². The van der Waals surface area contributed by atoms with Crippen molar-refractivity contribution in [3.8, 4) is 0 Å². The summed E-state index contributed by atoms with van der Waals surface area (Å²) in [5.41, 5.74) is 0.769. The third kappa shape index (κ3) is 2.06. The Morgan fingerprint density at radius 3 is 2.50 bits per heavy atom. The van der Waals surface area contributed by atoms with Crippen molar-refractivity contribution < 1.29 is 0 Å². The van der Waals surface area contributed by atoms with Gasteiger partial charge < -0.3 is 0 Å². The van der Waals surface area contributed by atoms with Crippen LogP contribution in [0.2, 0.25) is 5.54 Å². The Morgan fingerprint density at radius 2 is 2.00 bits per heavy atom. The molecular weight excluding hydrogens is 340 g/mol. The van der Waals surface area contributed by atoms with E-state index in [9.17, 15) is 0 Å². The maximum atomic E-state index is 3.52. The van der Waals surface area contributed by atoms with E-state index in [4.69, 9.17) is 0 Å². The van der Waals surface area contributed by atoms with Crippen LogP contribution in [0, 0.1) is 0 Å². The van der Waals surface area contributed by atoms with Crippen molar-refractivity contribution in [1.29, 1.82) is 0 Å². The van der Waals surface area contributed by atoms with Crippen molar-refractivity contribution in [2.45, 2.75) is 12.0 Å². The van der Waals surface area contributed by atoms with Crippen LogP contribution in [-0.2, 0) is 0 Å². The Hall–Kier alpha value is 1.14. The summed E-state index contributed by atoms with van der Waals surface area (Å²) in [6.45, 7) is 0. The maximum Gasteiger partial charge on any atom is 0.0415 e. The lowest BCUT2D eigenvalue weighted by atomic mass is 10.2. The van der Waals surface area contributed by atoms with Crippen LogP contribution in [0.15, 0.2) is 19.5 Å². The minimum Gasteiger partial charge on any atom is -0.0693 e. The highest BCUT2D eigenvalue weighted by Gasteiger charge is 2.13. The molecule has 0 bridgehead atoms. The molecule has 4 heteroatoms. The molecule has 0 spiro atoms. The fourth-order valence-electron chi connectivity index (χ4n) is 0.884. The van der Waals surface area contributed by atoms with Crippen molar-refractivity contribution in [3.63, 3.8) is 0 Å². The van der Waals surface area contributed by atoms with Crippen molar-refractivity contribution in [2.75, 3.05) is 0 Å². The highest BCUT2D eigenvalue weighted by molar-refractivity contribution is 9.16. The van der Waals surface area contributed by atoms with Crippen LogP contribution in [-0.4, -0.2) is 10.2 Å². The molecule has 1 aliphatic carbocycles. The summed E-state index contributed by atoms with van der Waals surface area (Å²) in [7, 11) is 1.23. The van der Waals surface area contributed by atoms with E-state index in [2.05, 4.69) is 53.9 Å². The molecule has 0 saturated carbocycles. The zero-order valence-corrected chi connectivity index (χ0v) is 12.3. The third-order valence-electron chi connectivity index (χ3n) is 1.38. The number of hydrogen-bond acceptors (Lipinski definition) is 0. The van der Waals surface area contributed by atoms with E-state index >= 15 is 0 Å². The van der Waals surface area contributed by atoms with Crippen molar-refractivity contribution in [1.82, 2.24) is 0 Å². The summed E-state index contributed by atoms with van der Waals surface area (Å²) < 4.78 is 3.63. The molecule has 1 rings (SSSR count). The lowest BCUT2D eigenvalue weighted by Gasteiger charge is -2.14. The van der Waals surface area contributed by atoms with Crippen LogP contribution >= 0.6 is 47.8 Å². The van der Waals surface area contributed by atoms with E-state index in [1.54, 1.807) is 0 Å². The minimum absolute atomic E-state index is 0.769. The molecule has 0 aromatic rings. The molecule has 0 amide bonds. The molecule has 0 saturated heterocycles. The lowest BCUT2D eigenvalue weighted by molar-refractivity contribution is 1.01. The van der Waals surface area contributed by atoms with Crippen LogP contribution in [0.4, 0.5) is 0 Å². The van der Waals surface area contributed by atoms with Gasteiger partial charge in [0.05, 0.1) is 0 Å². The van der Waals surface area contributed by atoms with Crippen molar-refractivity contribution in [3.05, 3.63) is 19.5 Å². The second-order valence-electron chi connectivity index (χ2n) is 2.41. The minimum atomic E-state index is 0.769. The molecule has 1 atom stereocenters. The van der Waals surface area contributed by atoms with Crippen LogP contribution in [0.3, 0.4) is 0 Å². The first-order valence-corrected chi connectivity index (χ1v) is 6.56. The molecule has 0 fully saturated rings. The highest BCUT2D eigenvalue weighted by Crippen LogP contribution is 2.39. The third-order valence-corrected chi connectivity index (χ3v) is 5.47. The maximum absolute atomic E-state index is 3.52. The van der Waals surface area contributed by atoms with E-state index in [0.29, 0.717) is 0 Å². The number of halogens is 3. The quantitative estimate of drug-likeness (QED) is 0.592. The van der Waals surface area contributed by atoms with Crippen LogP contribution < -0.4 is 0 Å². The first kappa shape index (κ1) is 9.23. The largest absolute Gasteiger partial charge is 0.0693 e. The summed E-state index contributed by atoms with van der Waals surface area (Å²) >= 11 is 10.5. The van der Waals surface area contributed by atoms with Gasteiger partial charge in [-0.15, -0.1) is 0 Å². The average molecular weight is 347 g/mol. The van der Waals surface area contributed by atoms with Gasteiger partial charge in [-0.05, 0) is 43.8 Å². The van der Waals surface area contributed by atoms with Crippen LogP contribution in [0.25, 0.3) is 0 Å². The molecule has 56 valence electrons. The van der Waals surface area contributed by atoms with E-state index in [1.807, 2.05) is 0 Å². The average Bonchev–Trinajstić information content (AvgIpc) is 1.82. The van der Waals surface area contributed by atoms with Crippen molar-refractivity contribution >= 4 is 58.0 Å². The van der Waals surface area contributed by atoms with Gasteiger partial charge in [-0.3, -0.25) is 0 Å². The summed E-state index contributed by atoms with van der Waals surface area (Å²) in [5.74, 6) is 0.